The van der Waals surface area contributed by atoms with Gasteiger partial charge in [-0.25, -0.2) is 10.2 Å². The van der Waals surface area contributed by atoms with Crippen LogP contribution >= 0.6 is 11.5 Å². The Morgan fingerprint density at radius 3 is 2.62 bits per heavy atom. The van der Waals surface area contributed by atoms with Crippen molar-refractivity contribution in [1.82, 2.24) is 9.80 Å². The number of anilines is 1. The van der Waals surface area contributed by atoms with Crippen LogP contribution in [0.5, 0.6) is 11.5 Å². The molecule has 2 aromatic rings. The molecule has 1 heterocycles. The SMILES string of the molecule is CCOC(=O)Nc1snc(C)c1/C(C)=N/NC(=O)c1ccc(OCC)c(OC)c1. The molecular formula is C19H24N4O5S. The van der Waals surface area contributed by atoms with Crippen LogP contribution in [0.25, 0.3) is 0 Å². The summed E-state index contributed by atoms with van der Waals surface area (Å²) in [6, 6.07) is 4.87. The van der Waals surface area contributed by atoms with Crippen molar-refractivity contribution in [3.8, 4) is 11.5 Å². The lowest BCUT2D eigenvalue weighted by Gasteiger charge is -2.10. The van der Waals surface area contributed by atoms with Crippen LogP contribution < -0.4 is 20.2 Å². The van der Waals surface area contributed by atoms with Crippen molar-refractivity contribution in [2.45, 2.75) is 27.7 Å². The van der Waals surface area contributed by atoms with Crippen LogP contribution in [0.4, 0.5) is 9.80 Å². The minimum Gasteiger partial charge on any atom is -0.493 e. The van der Waals surface area contributed by atoms with Gasteiger partial charge in [-0.15, -0.1) is 0 Å². The molecule has 2 rings (SSSR count). The number of rotatable bonds is 8. The zero-order chi connectivity index (χ0) is 21.4. The topological polar surface area (TPSA) is 111 Å². The molecule has 0 fully saturated rings. The van der Waals surface area contributed by atoms with E-state index in [9.17, 15) is 9.59 Å². The molecule has 0 radical (unpaired) electrons. The lowest BCUT2D eigenvalue weighted by Crippen LogP contribution is -2.20. The average Bonchev–Trinajstić information content (AvgIpc) is 3.06. The Bertz CT molecular complexity index is 910. The first-order chi connectivity index (χ1) is 13.9. The monoisotopic (exact) mass is 420 g/mol. The highest BCUT2D eigenvalue weighted by molar-refractivity contribution is 7.11. The van der Waals surface area contributed by atoms with Gasteiger partial charge in [0.1, 0.15) is 5.00 Å². The number of carbonyl (C=O) groups is 2. The van der Waals surface area contributed by atoms with Crippen molar-refractivity contribution in [2.75, 3.05) is 25.6 Å². The van der Waals surface area contributed by atoms with Crippen molar-refractivity contribution in [2.24, 2.45) is 5.10 Å². The number of amides is 2. The summed E-state index contributed by atoms with van der Waals surface area (Å²) in [5.74, 6) is 0.603. The summed E-state index contributed by atoms with van der Waals surface area (Å²) in [7, 11) is 1.51. The van der Waals surface area contributed by atoms with Crippen LogP contribution in [0, 0.1) is 6.92 Å². The molecule has 29 heavy (non-hydrogen) atoms. The molecule has 2 amide bonds. The van der Waals surface area contributed by atoms with E-state index in [1.165, 1.54) is 7.11 Å². The molecule has 10 heteroatoms. The highest BCUT2D eigenvalue weighted by Crippen LogP contribution is 2.28. The smallest absolute Gasteiger partial charge is 0.412 e. The van der Waals surface area contributed by atoms with Crippen molar-refractivity contribution >= 4 is 34.2 Å². The number of aryl methyl sites for hydroxylation is 1. The fourth-order valence-corrected chi connectivity index (χ4v) is 3.31. The van der Waals surface area contributed by atoms with E-state index in [4.69, 9.17) is 14.2 Å². The number of ether oxygens (including phenoxy) is 3. The number of nitrogens with zero attached hydrogens (tertiary/aromatic N) is 2. The van der Waals surface area contributed by atoms with E-state index >= 15 is 0 Å². The van der Waals surface area contributed by atoms with Crippen LogP contribution in [0.15, 0.2) is 23.3 Å². The van der Waals surface area contributed by atoms with Crippen LogP contribution in [0.3, 0.4) is 0 Å². The van der Waals surface area contributed by atoms with E-state index < -0.39 is 12.0 Å². The van der Waals surface area contributed by atoms with Gasteiger partial charge in [0.2, 0.25) is 0 Å². The lowest BCUT2D eigenvalue weighted by atomic mass is 10.1. The minimum absolute atomic E-state index is 0.258. The molecular weight excluding hydrogens is 396 g/mol. The summed E-state index contributed by atoms with van der Waals surface area (Å²) in [6.45, 7) is 7.84. The summed E-state index contributed by atoms with van der Waals surface area (Å²) in [5, 5.41) is 7.29. The standard InChI is InChI=1S/C19H24N4O5S/c1-6-27-14-9-8-13(10-15(14)26-5)17(24)22-21-11(3)16-12(4)23-29-18(16)20-19(25)28-7-2/h8-10H,6-7H2,1-5H3,(H,20,25)(H,22,24)/b21-11+. The molecule has 0 saturated carbocycles. The predicted molar refractivity (Wildman–Crippen MR) is 111 cm³/mol. The van der Waals surface area contributed by atoms with Crippen molar-refractivity contribution in [1.29, 1.82) is 0 Å². The summed E-state index contributed by atoms with van der Waals surface area (Å²) in [5.41, 5.74) is 4.68. The minimum atomic E-state index is -0.573. The van der Waals surface area contributed by atoms with Crippen molar-refractivity contribution < 1.29 is 23.8 Å². The zero-order valence-electron chi connectivity index (χ0n) is 17.0. The first-order valence-corrected chi connectivity index (χ1v) is 9.74. The number of benzene rings is 1. The maximum Gasteiger partial charge on any atom is 0.412 e. The Kier molecular flexibility index (Phi) is 7.96. The van der Waals surface area contributed by atoms with Gasteiger partial charge in [-0.3, -0.25) is 10.1 Å². The Morgan fingerprint density at radius 1 is 1.21 bits per heavy atom. The molecule has 156 valence electrons. The van der Waals surface area contributed by atoms with Crippen LogP contribution in [0.1, 0.15) is 42.4 Å². The molecule has 0 aliphatic rings. The summed E-state index contributed by atoms with van der Waals surface area (Å²) in [4.78, 5) is 24.2. The number of hydrogen-bond donors (Lipinski definition) is 2. The third kappa shape index (κ3) is 5.67. The summed E-state index contributed by atoms with van der Waals surface area (Å²) < 4.78 is 19.8. The second-order valence-electron chi connectivity index (χ2n) is 5.75. The molecule has 1 aromatic heterocycles. The summed E-state index contributed by atoms with van der Waals surface area (Å²) in [6.07, 6.45) is -0.573. The molecule has 0 unspecified atom stereocenters. The fourth-order valence-electron chi connectivity index (χ4n) is 2.48. The Hall–Kier alpha value is -3.14. The van der Waals surface area contributed by atoms with Crippen LogP contribution in [-0.4, -0.2) is 42.4 Å². The van der Waals surface area contributed by atoms with E-state index in [-0.39, 0.29) is 6.61 Å². The van der Waals surface area contributed by atoms with Gasteiger partial charge in [-0.2, -0.15) is 9.47 Å². The Labute approximate surface area is 173 Å². The first-order valence-electron chi connectivity index (χ1n) is 8.97. The van der Waals surface area contributed by atoms with E-state index in [2.05, 4.69) is 20.2 Å². The number of nitrogens with one attached hydrogen (secondary N) is 2. The van der Waals surface area contributed by atoms with Crippen molar-refractivity contribution in [3.63, 3.8) is 0 Å². The molecule has 0 spiro atoms. The molecule has 0 bridgehead atoms. The number of aromatic nitrogens is 1. The predicted octanol–water partition coefficient (Wildman–Crippen LogP) is 3.58. The Morgan fingerprint density at radius 2 is 1.97 bits per heavy atom. The fraction of sp³-hybridized carbons (Fsp3) is 0.368. The Balaban J connectivity index is 2.17. The zero-order valence-corrected chi connectivity index (χ0v) is 17.8. The third-order valence-corrected chi connectivity index (χ3v) is 4.62. The number of hydrazone groups is 1. The highest BCUT2D eigenvalue weighted by atomic mass is 32.1. The van der Waals surface area contributed by atoms with E-state index in [1.807, 2.05) is 6.92 Å². The number of hydrogen-bond acceptors (Lipinski definition) is 8. The normalized spacial score (nSPS) is 11.0. The van der Waals surface area contributed by atoms with Gasteiger partial charge in [0.05, 0.1) is 37.3 Å². The number of carbonyl (C=O) groups excluding carboxylic acids is 2. The molecule has 0 aliphatic heterocycles. The molecule has 0 atom stereocenters. The number of methoxy groups -OCH3 is 1. The third-order valence-electron chi connectivity index (χ3n) is 3.77. The lowest BCUT2D eigenvalue weighted by molar-refractivity contribution is 0.0954. The second kappa shape index (κ2) is 10.4. The van der Waals surface area contributed by atoms with Crippen molar-refractivity contribution in [3.05, 3.63) is 35.0 Å². The average molecular weight is 420 g/mol. The largest absolute Gasteiger partial charge is 0.493 e. The van der Waals surface area contributed by atoms with Gasteiger partial charge in [0, 0.05) is 5.56 Å². The van der Waals surface area contributed by atoms with Crippen LogP contribution in [0.2, 0.25) is 0 Å². The first kappa shape index (κ1) is 22.2. The maximum absolute atomic E-state index is 12.5. The molecule has 0 aliphatic carbocycles. The van der Waals surface area contributed by atoms with E-state index in [1.54, 1.807) is 39.0 Å². The van der Waals surface area contributed by atoms with Gasteiger partial charge >= 0.3 is 6.09 Å². The molecule has 0 saturated heterocycles. The van der Waals surface area contributed by atoms with Gasteiger partial charge in [0.15, 0.2) is 11.5 Å². The molecule has 2 N–H and O–H groups in total. The van der Waals surface area contributed by atoms with E-state index in [0.29, 0.717) is 45.6 Å². The van der Waals surface area contributed by atoms with Gasteiger partial charge in [-0.1, -0.05) is 0 Å². The quantitative estimate of drug-likeness (QED) is 0.499. The van der Waals surface area contributed by atoms with Gasteiger partial charge in [-0.05, 0) is 57.4 Å². The second-order valence-corrected chi connectivity index (χ2v) is 6.53. The maximum atomic E-state index is 12.5. The van der Waals surface area contributed by atoms with Crippen LogP contribution in [-0.2, 0) is 4.74 Å². The molecule has 9 nitrogen and oxygen atoms in total. The summed E-state index contributed by atoms with van der Waals surface area (Å²) >= 11 is 1.11. The molecule has 1 aromatic carbocycles. The van der Waals surface area contributed by atoms with Gasteiger partial charge in [0.25, 0.3) is 5.91 Å². The van der Waals surface area contributed by atoms with Gasteiger partial charge < -0.3 is 14.2 Å². The van der Waals surface area contributed by atoms with E-state index in [0.717, 1.165) is 11.5 Å². The highest BCUT2D eigenvalue weighted by Gasteiger charge is 2.17.